The maximum Gasteiger partial charge on any atom is 0.279 e. The Labute approximate surface area is 207 Å². The molecule has 11 heteroatoms. The smallest absolute Gasteiger partial charge is 0.279 e. The number of carbonyl (C=O) groups excluding carboxylic acids is 1. The molecule has 0 N–H and O–H groups in total. The van der Waals surface area contributed by atoms with Crippen molar-refractivity contribution in [1.82, 2.24) is 8.87 Å². The lowest BCUT2D eigenvalue weighted by atomic mass is 10.2. The summed E-state index contributed by atoms with van der Waals surface area (Å²) in [6.45, 7) is 6.90. The van der Waals surface area contributed by atoms with Gasteiger partial charge in [-0.15, -0.1) is 0 Å². The zero-order valence-electron chi connectivity index (χ0n) is 18.7. The van der Waals surface area contributed by atoms with Crippen LogP contribution in [0.3, 0.4) is 0 Å². The van der Waals surface area contributed by atoms with Crippen molar-refractivity contribution in [3.8, 4) is 0 Å². The van der Waals surface area contributed by atoms with E-state index in [4.69, 9.17) is 27.9 Å². The normalized spacial score (nSPS) is 12.9. The molecule has 0 radical (unpaired) electrons. The highest BCUT2D eigenvalue weighted by molar-refractivity contribution is 7.89. The Kier molecular flexibility index (Phi) is 8.36. The number of rotatable bonds is 8. The zero-order chi connectivity index (χ0) is 24.3. The van der Waals surface area contributed by atoms with E-state index in [1.54, 1.807) is 26.0 Å². The first-order valence-electron chi connectivity index (χ1n) is 10.3. The summed E-state index contributed by atoms with van der Waals surface area (Å²) in [5.74, 6) is -0.500. The van der Waals surface area contributed by atoms with Crippen LogP contribution in [-0.2, 0) is 21.3 Å². The second kappa shape index (κ2) is 10.7. The molecule has 2 aromatic carbocycles. The average Bonchev–Trinajstić information content (AvgIpc) is 3.15. The van der Waals surface area contributed by atoms with E-state index in [0.29, 0.717) is 40.1 Å². The summed E-state index contributed by atoms with van der Waals surface area (Å²) < 4.78 is 34.6. The first kappa shape index (κ1) is 25.9. The lowest BCUT2D eigenvalue weighted by Gasteiger charge is -2.20. The number of ether oxygens (including phenoxy) is 1. The molecule has 0 bridgehead atoms. The fourth-order valence-corrected chi connectivity index (χ4v) is 6.11. The van der Waals surface area contributed by atoms with E-state index >= 15 is 0 Å². The van der Waals surface area contributed by atoms with Crippen molar-refractivity contribution >= 4 is 60.7 Å². The molecule has 1 aromatic heterocycles. The van der Waals surface area contributed by atoms with Gasteiger partial charge in [0.1, 0.15) is 0 Å². The van der Waals surface area contributed by atoms with Crippen molar-refractivity contribution < 1.29 is 17.9 Å². The van der Waals surface area contributed by atoms with Gasteiger partial charge < -0.3 is 9.30 Å². The van der Waals surface area contributed by atoms with Crippen LogP contribution in [0.5, 0.6) is 0 Å². The SMILES string of the molecule is CCOCCn1c(=NC(=O)c2ccc(S(=O)(=O)N(C)C(C)C)cc2)sc2c(Cl)ccc(Cl)c21. The first-order chi connectivity index (χ1) is 15.6. The van der Waals surface area contributed by atoms with Crippen molar-refractivity contribution in [1.29, 1.82) is 0 Å². The molecule has 0 aliphatic carbocycles. The Morgan fingerprint density at radius 2 is 1.79 bits per heavy atom. The Balaban J connectivity index is 2.02. The maximum atomic E-state index is 12.9. The Hall–Kier alpha value is -1.75. The number of amides is 1. The minimum Gasteiger partial charge on any atom is -0.380 e. The lowest BCUT2D eigenvalue weighted by Crippen LogP contribution is -2.33. The number of aromatic nitrogens is 1. The molecule has 33 heavy (non-hydrogen) atoms. The lowest BCUT2D eigenvalue weighted by molar-refractivity contribution is 0.0996. The molecule has 0 aliphatic heterocycles. The summed E-state index contributed by atoms with van der Waals surface area (Å²) >= 11 is 14.0. The predicted octanol–water partition coefficient (Wildman–Crippen LogP) is 4.82. The Morgan fingerprint density at radius 3 is 2.39 bits per heavy atom. The minimum atomic E-state index is -3.64. The van der Waals surface area contributed by atoms with Crippen LogP contribution < -0.4 is 4.80 Å². The highest BCUT2D eigenvalue weighted by Crippen LogP contribution is 2.32. The third kappa shape index (κ3) is 5.50. The molecule has 178 valence electrons. The van der Waals surface area contributed by atoms with Gasteiger partial charge in [-0.2, -0.15) is 9.30 Å². The van der Waals surface area contributed by atoms with E-state index in [0.717, 1.165) is 4.70 Å². The van der Waals surface area contributed by atoms with Gasteiger partial charge in [-0.1, -0.05) is 34.5 Å². The molecule has 0 fully saturated rings. The summed E-state index contributed by atoms with van der Waals surface area (Å²) in [5, 5.41) is 1.02. The number of hydrogen-bond donors (Lipinski definition) is 0. The van der Waals surface area contributed by atoms with Crippen LogP contribution in [0.1, 0.15) is 31.1 Å². The molecule has 1 heterocycles. The number of sulfonamides is 1. The number of benzene rings is 2. The van der Waals surface area contributed by atoms with Gasteiger partial charge in [-0.25, -0.2) is 8.42 Å². The van der Waals surface area contributed by atoms with Crippen LogP contribution >= 0.6 is 34.5 Å². The molecule has 0 spiro atoms. The number of fused-ring (bicyclic) bond motifs is 1. The standard InChI is InChI=1S/C22H25Cl2N3O4S2/c1-5-31-13-12-27-19-17(23)10-11-18(24)20(19)32-22(27)25-21(28)15-6-8-16(9-7-15)33(29,30)26(4)14(2)3/h6-11,14H,5,12-13H2,1-4H3. The van der Waals surface area contributed by atoms with Crippen LogP contribution in [0.25, 0.3) is 10.2 Å². The highest BCUT2D eigenvalue weighted by atomic mass is 35.5. The fraction of sp³-hybridized carbons (Fsp3) is 0.364. The van der Waals surface area contributed by atoms with Crippen LogP contribution in [0.4, 0.5) is 0 Å². The molecule has 1 amide bonds. The predicted molar refractivity (Wildman–Crippen MR) is 133 cm³/mol. The number of nitrogens with zero attached hydrogens (tertiary/aromatic N) is 3. The Morgan fingerprint density at radius 1 is 1.15 bits per heavy atom. The van der Waals surface area contributed by atoms with Gasteiger partial charge in [-0.3, -0.25) is 4.79 Å². The monoisotopic (exact) mass is 529 g/mol. The second-order valence-corrected chi connectivity index (χ2v) is 11.3. The van der Waals surface area contributed by atoms with Crippen molar-refractivity contribution in [2.75, 3.05) is 20.3 Å². The number of hydrogen-bond acceptors (Lipinski definition) is 5. The molecule has 7 nitrogen and oxygen atoms in total. The number of halogens is 2. The molecule has 0 atom stereocenters. The van der Waals surface area contributed by atoms with E-state index in [2.05, 4.69) is 4.99 Å². The van der Waals surface area contributed by atoms with E-state index < -0.39 is 15.9 Å². The van der Waals surface area contributed by atoms with Gasteiger partial charge in [0.2, 0.25) is 10.0 Å². The third-order valence-electron chi connectivity index (χ3n) is 5.09. The molecule has 0 saturated heterocycles. The molecule has 3 aromatic rings. The molecule has 0 unspecified atom stereocenters. The van der Waals surface area contributed by atoms with Gasteiger partial charge in [0.05, 0.1) is 31.8 Å². The minimum absolute atomic E-state index is 0.113. The maximum absolute atomic E-state index is 12.9. The van der Waals surface area contributed by atoms with Crippen LogP contribution in [0.15, 0.2) is 46.3 Å². The van der Waals surface area contributed by atoms with Crippen molar-refractivity contribution in [3.05, 3.63) is 56.8 Å². The van der Waals surface area contributed by atoms with Crippen LogP contribution in [0, 0.1) is 0 Å². The summed E-state index contributed by atoms with van der Waals surface area (Å²) in [7, 11) is -2.12. The first-order valence-corrected chi connectivity index (χ1v) is 13.3. The molecular weight excluding hydrogens is 505 g/mol. The van der Waals surface area contributed by atoms with Gasteiger partial charge in [-0.05, 0) is 57.2 Å². The summed E-state index contributed by atoms with van der Waals surface area (Å²) in [6, 6.07) is 8.97. The van der Waals surface area contributed by atoms with Crippen molar-refractivity contribution in [2.24, 2.45) is 4.99 Å². The largest absolute Gasteiger partial charge is 0.380 e. The zero-order valence-corrected chi connectivity index (χ0v) is 21.9. The van der Waals surface area contributed by atoms with Crippen molar-refractivity contribution in [2.45, 2.75) is 38.3 Å². The second-order valence-electron chi connectivity index (χ2n) is 7.50. The van der Waals surface area contributed by atoms with Crippen LogP contribution in [0.2, 0.25) is 10.0 Å². The quantitative estimate of drug-likeness (QED) is 0.392. The number of thiazole rings is 1. The van der Waals surface area contributed by atoms with Gasteiger partial charge in [0.25, 0.3) is 5.91 Å². The third-order valence-corrected chi connectivity index (χ3v) is 8.99. The summed E-state index contributed by atoms with van der Waals surface area (Å²) in [5.41, 5.74) is 0.964. The van der Waals surface area contributed by atoms with E-state index in [1.165, 1.54) is 47.0 Å². The molecular formula is C22H25Cl2N3O4S2. The fourth-order valence-electron chi connectivity index (χ4n) is 3.07. The Bertz CT molecular complexity index is 1330. The summed E-state index contributed by atoms with van der Waals surface area (Å²) in [6.07, 6.45) is 0. The summed E-state index contributed by atoms with van der Waals surface area (Å²) in [4.78, 5) is 17.8. The van der Waals surface area contributed by atoms with Gasteiger partial charge >= 0.3 is 0 Å². The van der Waals surface area contributed by atoms with Crippen molar-refractivity contribution in [3.63, 3.8) is 0 Å². The van der Waals surface area contributed by atoms with E-state index in [9.17, 15) is 13.2 Å². The topological polar surface area (TPSA) is 81.0 Å². The van der Waals surface area contributed by atoms with E-state index in [-0.39, 0.29) is 16.5 Å². The highest BCUT2D eigenvalue weighted by Gasteiger charge is 2.23. The molecule has 0 saturated carbocycles. The van der Waals surface area contributed by atoms with Gasteiger partial charge in [0, 0.05) is 31.8 Å². The number of carbonyl (C=O) groups is 1. The van der Waals surface area contributed by atoms with Crippen LogP contribution in [-0.4, -0.2) is 49.5 Å². The average molecular weight is 530 g/mol. The molecule has 0 aliphatic rings. The van der Waals surface area contributed by atoms with Gasteiger partial charge in [0.15, 0.2) is 4.80 Å². The molecule has 3 rings (SSSR count). The van der Waals surface area contributed by atoms with E-state index in [1.807, 2.05) is 11.5 Å².